The van der Waals surface area contributed by atoms with Gasteiger partial charge in [-0.3, -0.25) is 4.79 Å². The average Bonchev–Trinajstić information content (AvgIpc) is 2.16. The molecule has 0 unspecified atom stereocenters. The van der Waals surface area contributed by atoms with Gasteiger partial charge in [-0.25, -0.2) is 0 Å². The Morgan fingerprint density at radius 3 is 2.50 bits per heavy atom. The normalized spacial score (nSPS) is 11.2. The molecule has 0 spiro atoms. The van der Waals surface area contributed by atoms with Crippen LogP contribution in [0.5, 0.6) is 5.75 Å². The number of hydrogen-bond acceptors (Lipinski definition) is 2. The molecule has 0 aliphatic rings. The number of aromatic hydroxyl groups is 1. The SMILES string of the molecule is CC(C)(C)CCNC(=O)c1ccccc1O. The van der Waals surface area contributed by atoms with E-state index in [9.17, 15) is 9.90 Å². The number of amides is 1. The van der Waals surface area contributed by atoms with E-state index in [-0.39, 0.29) is 17.1 Å². The molecule has 3 heteroatoms. The number of nitrogens with one attached hydrogen (secondary N) is 1. The molecule has 0 saturated carbocycles. The van der Waals surface area contributed by atoms with Crippen LogP contribution in [0.2, 0.25) is 0 Å². The van der Waals surface area contributed by atoms with E-state index in [1.807, 2.05) is 0 Å². The number of phenols is 1. The van der Waals surface area contributed by atoms with Crippen molar-refractivity contribution in [1.82, 2.24) is 5.32 Å². The van der Waals surface area contributed by atoms with E-state index in [1.54, 1.807) is 18.2 Å². The second-order valence-electron chi connectivity index (χ2n) is 5.08. The lowest BCUT2D eigenvalue weighted by Crippen LogP contribution is -2.27. The highest BCUT2D eigenvalue weighted by Gasteiger charge is 2.12. The first-order chi connectivity index (χ1) is 7.40. The lowest BCUT2D eigenvalue weighted by molar-refractivity contribution is 0.0947. The predicted molar refractivity (Wildman–Crippen MR) is 64.5 cm³/mol. The van der Waals surface area contributed by atoms with Crippen LogP contribution >= 0.6 is 0 Å². The summed E-state index contributed by atoms with van der Waals surface area (Å²) in [6.07, 6.45) is 0.909. The van der Waals surface area contributed by atoms with Crippen LogP contribution in [0.3, 0.4) is 0 Å². The Kier molecular flexibility index (Phi) is 3.93. The zero-order chi connectivity index (χ0) is 12.2. The van der Waals surface area contributed by atoms with Crippen LogP contribution in [0, 0.1) is 5.41 Å². The van der Waals surface area contributed by atoms with E-state index in [1.165, 1.54) is 6.07 Å². The first kappa shape index (κ1) is 12.6. The van der Waals surface area contributed by atoms with Gasteiger partial charge >= 0.3 is 0 Å². The van der Waals surface area contributed by atoms with E-state index < -0.39 is 0 Å². The molecule has 0 radical (unpaired) electrons. The maximum Gasteiger partial charge on any atom is 0.255 e. The van der Waals surface area contributed by atoms with Gasteiger partial charge in [-0.05, 0) is 24.0 Å². The van der Waals surface area contributed by atoms with Crippen LogP contribution in [-0.4, -0.2) is 17.6 Å². The smallest absolute Gasteiger partial charge is 0.255 e. The molecule has 0 aliphatic carbocycles. The summed E-state index contributed by atoms with van der Waals surface area (Å²) in [5, 5.41) is 12.3. The fourth-order valence-corrected chi connectivity index (χ4v) is 1.31. The minimum Gasteiger partial charge on any atom is -0.507 e. The number of benzene rings is 1. The molecule has 0 bridgehead atoms. The molecule has 0 aromatic heterocycles. The van der Waals surface area contributed by atoms with Crippen molar-refractivity contribution < 1.29 is 9.90 Å². The zero-order valence-electron chi connectivity index (χ0n) is 10.1. The van der Waals surface area contributed by atoms with Crippen molar-refractivity contribution in [2.45, 2.75) is 27.2 Å². The number of para-hydroxylation sites is 1. The molecular weight excluding hydrogens is 202 g/mol. The van der Waals surface area contributed by atoms with E-state index in [0.29, 0.717) is 12.1 Å². The Labute approximate surface area is 96.5 Å². The molecule has 3 nitrogen and oxygen atoms in total. The van der Waals surface area contributed by atoms with Gasteiger partial charge in [-0.1, -0.05) is 32.9 Å². The second kappa shape index (κ2) is 5.01. The molecule has 0 fully saturated rings. The average molecular weight is 221 g/mol. The predicted octanol–water partition coefficient (Wildman–Crippen LogP) is 2.56. The van der Waals surface area contributed by atoms with Gasteiger partial charge in [0.05, 0.1) is 5.56 Å². The van der Waals surface area contributed by atoms with Gasteiger partial charge in [-0.15, -0.1) is 0 Å². The molecule has 0 atom stereocenters. The van der Waals surface area contributed by atoms with Crippen LogP contribution in [-0.2, 0) is 0 Å². The summed E-state index contributed by atoms with van der Waals surface area (Å²) in [6, 6.07) is 6.56. The number of phenolic OH excluding ortho intramolecular Hbond substituents is 1. The lowest BCUT2D eigenvalue weighted by atomic mass is 9.92. The van der Waals surface area contributed by atoms with Crippen molar-refractivity contribution in [1.29, 1.82) is 0 Å². The Morgan fingerprint density at radius 1 is 1.31 bits per heavy atom. The van der Waals surface area contributed by atoms with E-state index in [2.05, 4.69) is 26.1 Å². The van der Waals surface area contributed by atoms with Crippen LogP contribution in [0.25, 0.3) is 0 Å². The fourth-order valence-electron chi connectivity index (χ4n) is 1.31. The molecular formula is C13H19NO2. The van der Waals surface area contributed by atoms with Gasteiger partial charge in [0.15, 0.2) is 0 Å². The number of rotatable bonds is 3. The minimum absolute atomic E-state index is 0.0239. The highest BCUT2D eigenvalue weighted by molar-refractivity contribution is 5.96. The van der Waals surface area contributed by atoms with Crippen molar-refractivity contribution >= 4 is 5.91 Å². The maximum absolute atomic E-state index is 11.7. The third kappa shape index (κ3) is 3.93. The molecule has 1 rings (SSSR count). The number of carbonyl (C=O) groups is 1. The number of hydrogen-bond donors (Lipinski definition) is 2. The van der Waals surface area contributed by atoms with Gasteiger partial charge in [-0.2, -0.15) is 0 Å². The largest absolute Gasteiger partial charge is 0.507 e. The highest BCUT2D eigenvalue weighted by Crippen LogP contribution is 2.18. The maximum atomic E-state index is 11.7. The first-order valence-corrected chi connectivity index (χ1v) is 5.46. The quantitative estimate of drug-likeness (QED) is 0.824. The highest BCUT2D eigenvalue weighted by atomic mass is 16.3. The molecule has 0 saturated heterocycles. The monoisotopic (exact) mass is 221 g/mol. The molecule has 1 aromatic rings. The summed E-state index contributed by atoms with van der Waals surface area (Å²) in [7, 11) is 0. The Bertz CT molecular complexity index is 366. The summed E-state index contributed by atoms with van der Waals surface area (Å²) in [5.74, 6) is -0.196. The fraction of sp³-hybridized carbons (Fsp3) is 0.462. The molecule has 0 heterocycles. The third-order valence-corrected chi connectivity index (χ3v) is 2.31. The van der Waals surface area contributed by atoms with E-state index >= 15 is 0 Å². The van der Waals surface area contributed by atoms with Gasteiger partial charge in [0.2, 0.25) is 0 Å². The molecule has 0 aliphatic heterocycles. The van der Waals surface area contributed by atoms with Crippen molar-refractivity contribution in [2.24, 2.45) is 5.41 Å². The third-order valence-electron chi connectivity index (χ3n) is 2.31. The molecule has 88 valence electrons. The lowest BCUT2D eigenvalue weighted by Gasteiger charge is -2.18. The van der Waals surface area contributed by atoms with Gasteiger partial charge in [0.25, 0.3) is 5.91 Å². The van der Waals surface area contributed by atoms with Crippen LogP contribution in [0.4, 0.5) is 0 Å². The van der Waals surface area contributed by atoms with Gasteiger partial charge in [0, 0.05) is 6.54 Å². The van der Waals surface area contributed by atoms with Crippen LogP contribution in [0.1, 0.15) is 37.6 Å². The summed E-state index contributed by atoms with van der Waals surface area (Å²) < 4.78 is 0. The standard InChI is InChI=1S/C13H19NO2/c1-13(2,3)8-9-14-12(16)10-6-4-5-7-11(10)15/h4-7,15H,8-9H2,1-3H3,(H,14,16). The molecule has 16 heavy (non-hydrogen) atoms. The summed E-state index contributed by atoms with van der Waals surface area (Å²) in [6.45, 7) is 6.99. The van der Waals surface area contributed by atoms with Crippen LogP contribution < -0.4 is 5.32 Å². The van der Waals surface area contributed by atoms with Crippen molar-refractivity contribution in [3.63, 3.8) is 0 Å². The molecule has 1 amide bonds. The Hall–Kier alpha value is -1.51. The number of carbonyl (C=O) groups excluding carboxylic acids is 1. The van der Waals surface area contributed by atoms with E-state index in [0.717, 1.165) is 6.42 Å². The molecule has 1 aromatic carbocycles. The summed E-state index contributed by atoms with van der Waals surface area (Å²) in [4.78, 5) is 11.7. The first-order valence-electron chi connectivity index (χ1n) is 5.46. The van der Waals surface area contributed by atoms with Crippen molar-refractivity contribution in [3.8, 4) is 5.75 Å². The van der Waals surface area contributed by atoms with Crippen molar-refractivity contribution in [2.75, 3.05) is 6.54 Å². The van der Waals surface area contributed by atoms with Crippen molar-refractivity contribution in [3.05, 3.63) is 29.8 Å². The topological polar surface area (TPSA) is 49.3 Å². The Balaban J connectivity index is 2.51. The van der Waals surface area contributed by atoms with E-state index in [4.69, 9.17) is 0 Å². The summed E-state index contributed by atoms with van der Waals surface area (Å²) in [5.41, 5.74) is 0.530. The van der Waals surface area contributed by atoms with Gasteiger partial charge in [0.1, 0.15) is 5.75 Å². The minimum atomic E-state index is -0.220. The zero-order valence-corrected chi connectivity index (χ0v) is 10.1. The Morgan fingerprint density at radius 2 is 1.94 bits per heavy atom. The van der Waals surface area contributed by atoms with Crippen LogP contribution in [0.15, 0.2) is 24.3 Å². The summed E-state index contributed by atoms with van der Waals surface area (Å²) >= 11 is 0. The molecule has 2 N–H and O–H groups in total. The second-order valence-corrected chi connectivity index (χ2v) is 5.08. The van der Waals surface area contributed by atoms with Gasteiger partial charge < -0.3 is 10.4 Å².